The topological polar surface area (TPSA) is 61.9 Å². The smallest absolute Gasteiger partial charge is 0.233 e. The van der Waals surface area contributed by atoms with Gasteiger partial charge in [0.15, 0.2) is 5.16 Å². The molecule has 2 aromatic heterocycles. The first-order valence-electron chi connectivity index (χ1n) is 6.95. The Balaban J connectivity index is 1.94. The van der Waals surface area contributed by atoms with Crippen LogP contribution in [0.5, 0.6) is 0 Å². The molecule has 0 radical (unpaired) electrons. The fourth-order valence-corrected chi connectivity index (χ4v) is 2.81. The summed E-state index contributed by atoms with van der Waals surface area (Å²) < 4.78 is 0. The second-order valence-corrected chi connectivity index (χ2v) is 5.57. The first kappa shape index (κ1) is 14.8. The first-order chi connectivity index (χ1) is 9.74. The molecule has 0 spiro atoms. The molecule has 0 bridgehead atoms. The van der Waals surface area contributed by atoms with Gasteiger partial charge in [0.1, 0.15) is 0 Å². The van der Waals surface area contributed by atoms with Crippen molar-refractivity contribution >= 4 is 28.7 Å². The quantitative estimate of drug-likeness (QED) is 0.797. The lowest BCUT2D eigenvalue weighted by Gasteiger charge is -2.20. The van der Waals surface area contributed by atoms with Crippen LogP contribution in [0, 0.1) is 0 Å². The van der Waals surface area contributed by atoms with E-state index in [9.17, 15) is 4.79 Å². The van der Waals surface area contributed by atoms with Crippen molar-refractivity contribution in [1.82, 2.24) is 19.9 Å². The number of hydrogen-bond acceptors (Lipinski definition) is 4. The number of hydrogen-bond donors (Lipinski definition) is 1. The van der Waals surface area contributed by atoms with E-state index in [0.717, 1.165) is 42.1 Å². The van der Waals surface area contributed by atoms with Crippen LogP contribution in [-0.2, 0) is 4.79 Å². The van der Waals surface area contributed by atoms with Gasteiger partial charge in [-0.25, -0.2) is 4.98 Å². The van der Waals surface area contributed by atoms with E-state index in [-0.39, 0.29) is 5.91 Å². The number of thioether (sulfide) groups is 1. The Morgan fingerprint density at radius 1 is 1.35 bits per heavy atom. The van der Waals surface area contributed by atoms with Crippen molar-refractivity contribution in [3.05, 3.63) is 18.5 Å². The normalized spacial score (nSPS) is 10.9. The molecule has 1 amide bonds. The Morgan fingerprint density at radius 3 is 2.75 bits per heavy atom. The Kier molecular flexibility index (Phi) is 5.40. The number of carbonyl (C=O) groups excluding carboxylic acids is 1. The lowest BCUT2D eigenvalue weighted by atomic mass is 10.3. The number of rotatable bonds is 7. The van der Waals surface area contributed by atoms with Crippen molar-refractivity contribution < 1.29 is 4.79 Å². The molecule has 108 valence electrons. The molecule has 0 saturated heterocycles. The first-order valence-corrected chi connectivity index (χ1v) is 7.93. The standard InChI is InChI=1S/C14H20N4OS/c1-3-7-18(8-4-2)13(19)10-20-14-16-11-5-6-15-9-12(11)17-14/h5-6,9H,3-4,7-8,10H2,1-2H3,(H,16,17). The molecule has 0 aliphatic carbocycles. The van der Waals surface area contributed by atoms with Gasteiger partial charge in [-0.1, -0.05) is 25.6 Å². The lowest BCUT2D eigenvalue weighted by Crippen LogP contribution is -2.33. The zero-order valence-corrected chi connectivity index (χ0v) is 12.7. The van der Waals surface area contributed by atoms with E-state index in [1.165, 1.54) is 11.8 Å². The minimum atomic E-state index is 0.178. The molecular weight excluding hydrogens is 272 g/mol. The van der Waals surface area contributed by atoms with E-state index in [1.54, 1.807) is 12.4 Å². The van der Waals surface area contributed by atoms with Crippen LogP contribution in [0.15, 0.2) is 23.6 Å². The molecule has 1 N–H and O–H groups in total. The van der Waals surface area contributed by atoms with Crippen molar-refractivity contribution in [1.29, 1.82) is 0 Å². The molecule has 0 saturated carbocycles. The fourth-order valence-electron chi connectivity index (χ4n) is 2.02. The molecule has 5 nitrogen and oxygen atoms in total. The summed E-state index contributed by atoms with van der Waals surface area (Å²) >= 11 is 1.45. The van der Waals surface area contributed by atoms with E-state index < -0.39 is 0 Å². The summed E-state index contributed by atoms with van der Waals surface area (Å²) in [7, 11) is 0. The molecule has 0 aromatic carbocycles. The minimum Gasteiger partial charge on any atom is -0.342 e. The Hall–Kier alpha value is -1.56. The average Bonchev–Trinajstić information content (AvgIpc) is 2.87. The molecule has 0 fully saturated rings. The highest BCUT2D eigenvalue weighted by Crippen LogP contribution is 2.18. The summed E-state index contributed by atoms with van der Waals surface area (Å²) in [4.78, 5) is 25.7. The third-order valence-electron chi connectivity index (χ3n) is 2.93. The number of nitrogens with one attached hydrogen (secondary N) is 1. The Morgan fingerprint density at radius 2 is 2.10 bits per heavy atom. The molecule has 0 aliphatic heterocycles. The largest absolute Gasteiger partial charge is 0.342 e. The molecule has 0 unspecified atom stereocenters. The number of aromatic nitrogens is 3. The third kappa shape index (κ3) is 3.72. The molecule has 2 rings (SSSR count). The molecule has 2 heterocycles. The van der Waals surface area contributed by atoms with Gasteiger partial charge in [-0.15, -0.1) is 0 Å². The van der Waals surface area contributed by atoms with E-state index in [1.807, 2.05) is 11.0 Å². The van der Waals surface area contributed by atoms with Crippen LogP contribution >= 0.6 is 11.8 Å². The summed E-state index contributed by atoms with van der Waals surface area (Å²) in [6.45, 7) is 5.85. The van der Waals surface area contributed by atoms with Gasteiger partial charge in [-0.3, -0.25) is 9.78 Å². The molecule has 0 atom stereocenters. The monoisotopic (exact) mass is 292 g/mol. The Bertz CT molecular complexity index is 530. The van der Waals surface area contributed by atoms with Gasteiger partial charge in [-0.05, 0) is 18.9 Å². The molecule has 20 heavy (non-hydrogen) atoms. The molecule has 6 heteroatoms. The zero-order chi connectivity index (χ0) is 14.4. The summed E-state index contributed by atoms with van der Waals surface area (Å²) in [6.07, 6.45) is 5.45. The maximum Gasteiger partial charge on any atom is 0.233 e. The van der Waals surface area contributed by atoms with Crippen LogP contribution in [0.1, 0.15) is 26.7 Å². The zero-order valence-electron chi connectivity index (χ0n) is 11.9. The number of carbonyl (C=O) groups is 1. The van der Waals surface area contributed by atoms with Gasteiger partial charge in [0.05, 0.1) is 23.0 Å². The molecule has 0 aliphatic rings. The maximum atomic E-state index is 12.2. The number of aromatic amines is 1. The Labute approximate surface area is 123 Å². The van der Waals surface area contributed by atoms with Crippen LogP contribution in [0.2, 0.25) is 0 Å². The summed E-state index contributed by atoms with van der Waals surface area (Å²) in [5, 5.41) is 0.772. The van der Waals surface area contributed by atoms with Crippen molar-refractivity contribution in [3.8, 4) is 0 Å². The van der Waals surface area contributed by atoms with Gasteiger partial charge in [0.2, 0.25) is 5.91 Å². The third-order valence-corrected chi connectivity index (χ3v) is 3.79. The van der Waals surface area contributed by atoms with Gasteiger partial charge >= 0.3 is 0 Å². The fraction of sp³-hybridized carbons (Fsp3) is 0.500. The van der Waals surface area contributed by atoms with Crippen molar-refractivity contribution in [3.63, 3.8) is 0 Å². The van der Waals surface area contributed by atoms with E-state index in [2.05, 4.69) is 28.8 Å². The highest BCUT2D eigenvalue weighted by atomic mass is 32.2. The summed E-state index contributed by atoms with van der Waals surface area (Å²) in [5.41, 5.74) is 1.79. The SMILES string of the molecule is CCCN(CCC)C(=O)CSc1nc2ccncc2[nH]1. The van der Waals surface area contributed by atoms with Crippen LogP contribution in [0.4, 0.5) is 0 Å². The highest BCUT2D eigenvalue weighted by molar-refractivity contribution is 7.99. The summed E-state index contributed by atoms with van der Waals surface area (Å²) in [6, 6.07) is 1.86. The summed E-state index contributed by atoms with van der Waals surface area (Å²) in [5.74, 6) is 0.602. The number of fused-ring (bicyclic) bond motifs is 1. The van der Waals surface area contributed by atoms with E-state index in [0.29, 0.717) is 5.75 Å². The predicted octanol–water partition coefficient (Wildman–Crippen LogP) is 2.70. The van der Waals surface area contributed by atoms with Gasteiger partial charge in [0, 0.05) is 19.3 Å². The number of pyridine rings is 1. The average molecular weight is 292 g/mol. The number of imidazole rings is 1. The lowest BCUT2D eigenvalue weighted by molar-refractivity contribution is -0.128. The van der Waals surface area contributed by atoms with Gasteiger partial charge in [0.25, 0.3) is 0 Å². The van der Waals surface area contributed by atoms with E-state index in [4.69, 9.17) is 0 Å². The minimum absolute atomic E-state index is 0.178. The molecular formula is C14H20N4OS. The van der Waals surface area contributed by atoms with Crippen LogP contribution < -0.4 is 0 Å². The highest BCUT2D eigenvalue weighted by Gasteiger charge is 2.13. The van der Waals surface area contributed by atoms with Crippen molar-refractivity contribution in [2.75, 3.05) is 18.8 Å². The maximum absolute atomic E-state index is 12.2. The second kappa shape index (κ2) is 7.28. The van der Waals surface area contributed by atoms with Crippen LogP contribution in [0.3, 0.4) is 0 Å². The predicted molar refractivity (Wildman–Crippen MR) is 81.8 cm³/mol. The molecule has 2 aromatic rings. The van der Waals surface area contributed by atoms with Crippen molar-refractivity contribution in [2.45, 2.75) is 31.8 Å². The number of H-pyrrole nitrogens is 1. The number of nitrogens with zero attached hydrogens (tertiary/aromatic N) is 3. The van der Waals surface area contributed by atoms with Crippen LogP contribution in [-0.4, -0.2) is 44.6 Å². The van der Waals surface area contributed by atoms with Gasteiger partial charge in [-0.2, -0.15) is 0 Å². The van der Waals surface area contributed by atoms with Gasteiger partial charge < -0.3 is 9.88 Å². The second-order valence-electron chi connectivity index (χ2n) is 4.60. The number of amides is 1. The van der Waals surface area contributed by atoms with E-state index >= 15 is 0 Å². The van der Waals surface area contributed by atoms with Crippen molar-refractivity contribution in [2.24, 2.45) is 0 Å². The van der Waals surface area contributed by atoms with Crippen LogP contribution in [0.25, 0.3) is 11.0 Å².